The highest BCUT2D eigenvalue weighted by Gasteiger charge is 2.19. The Balaban J connectivity index is 2.61. The van der Waals surface area contributed by atoms with Crippen molar-refractivity contribution in [3.05, 3.63) is 35.9 Å². The number of rotatable bonds is 8. The number of hydrogen-bond donors (Lipinski definition) is 1. The molecule has 2 heteroatoms. The fourth-order valence-corrected chi connectivity index (χ4v) is 2.19. The summed E-state index contributed by atoms with van der Waals surface area (Å²) in [5, 5.41) is 3.40. The summed E-state index contributed by atoms with van der Waals surface area (Å²) >= 11 is 0. The molecule has 0 spiro atoms. The minimum Gasteiger partial charge on any atom is -0.377 e. The second-order valence-electron chi connectivity index (χ2n) is 4.37. The zero-order valence-electron chi connectivity index (χ0n) is 11.3. The number of ether oxygens (including phenoxy) is 1. The standard InChI is InChI=1S/C15H25NO/c1-4-9-15(17-5-2)14(16-3)12-13-10-7-6-8-11-13/h6-8,10-11,14-16H,4-5,9,12H2,1-3H3. The summed E-state index contributed by atoms with van der Waals surface area (Å²) in [5.41, 5.74) is 1.37. The van der Waals surface area contributed by atoms with Crippen molar-refractivity contribution in [1.29, 1.82) is 0 Å². The Hall–Kier alpha value is -0.860. The molecule has 0 aliphatic heterocycles. The SMILES string of the molecule is CCCC(OCC)C(Cc1ccccc1)NC. The quantitative estimate of drug-likeness (QED) is 0.748. The lowest BCUT2D eigenvalue weighted by atomic mass is 9.98. The van der Waals surface area contributed by atoms with Gasteiger partial charge >= 0.3 is 0 Å². The van der Waals surface area contributed by atoms with Gasteiger partial charge in [-0.2, -0.15) is 0 Å². The smallest absolute Gasteiger partial charge is 0.0730 e. The van der Waals surface area contributed by atoms with Gasteiger partial charge in [0.2, 0.25) is 0 Å². The molecule has 1 rings (SSSR count). The predicted molar refractivity (Wildman–Crippen MR) is 73.3 cm³/mol. The van der Waals surface area contributed by atoms with Gasteiger partial charge in [-0.05, 0) is 32.4 Å². The Morgan fingerprint density at radius 3 is 2.41 bits per heavy atom. The van der Waals surface area contributed by atoms with Crippen molar-refractivity contribution < 1.29 is 4.74 Å². The average molecular weight is 235 g/mol. The van der Waals surface area contributed by atoms with Crippen LogP contribution in [0.3, 0.4) is 0 Å². The van der Waals surface area contributed by atoms with Crippen molar-refractivity contribution in [2.24, 2.45) is 0 Å². The second kappa shape index (κ2) is 8.26. The molecule has 0 aromatic heterocycles. The van der Waals surface area contributed by atoms with Gasteiger partial charge in [-0.1, -0.05) is 43.7 Å². The van der Waals surface area contributed by atoms with Gasteiger partial charge in [-0.25, -0.2) is 0 Å². The van der Waals surface area contributed by atoms with E-state index in [1.165, 1.54) is 5.56 Å². The molecular formula is C15H25NO. The lowest BCUT2D eigenvalue weighted by molar-refractivity contribution is 0.0301. The molecule has 1 aromatic carbocycles. The zero-order valence-corrected chi connectivity index (χ0v) is 11.3. The average Bonchev–Trinajstić information content (AvgIpc) is 2.37. The molecule has 0 saturated heterocycles. The molecule has 0 radical (unpaired) electrons. The van der Waals surface area contributed by atoms with E-state index in [1.54, 1.807) is 0 Å². The Kier molecular flexibility index (Phi) is 6.90. The maximum Gasteiger partial charge on any atom is 0.0730 e. The molecule has 17 heavy (non-hydrogen) atoms. The molecule has 0 saturated carbocycles. The van der Waals surface area contributed by atoms with E-state index < -0.39 is 0 Å². The van der Waals surface area contributed by atoms with Gasteiger partial charge in [0.05, 0.1) is 6.10 Å². The first-order valence-electron chi connectivity index (χ1n) is 6.64. The molecule has 2 nitrogen and oxygen atoms in total. The van der Waals surface area contributed by atoms with Crippen molar-refractivity contribution in [1.82, 2.24) is 5.32 Å². The number of likely N-dealkylation sites (N-methyl/N-ethyl adjacent to an activating group) is 1. The van der Waals surface area contributed by atoms with E-state index in [9.17, 15) is 0 Å². The molecule has 1 aromatic rings. The van der Waals surface area contributed by atoms with Crippen LogP contribution in [0.5, 0.6) is 0 Å². The normalized spacial score (nSPS) is 14.5. The molecule has 0 fully saturated rings. The molecule has 96 valence electrons. The second-order valence-corrected chi connectivity index (χ2v) is 4.37. The van der Waals surface area contributed by atoms with E-state index in [2.05, 4.69) is 49.5 Å². The summed E-state index contributed by atoms with van der Waals surface area (Å²) < 4.78 is 5.85. The van der Waals surface area contributed by atoms with Crippen LogP contribution in [-0.2, 0) is 11.2 Å². The van der Waals surface area contributed by atoms with Crippen molar-refractivity contribution in [3.63, 3.8) is 0 Å². The summed E-state index contributed by atoms with van der Waals surface area (Å²) in [5.74, 6) is 0. The fourth-order valence-electron chi connectivity index (χ4n) is 2.19. The van der Waals surface area contributed by atoms with Crippen LogP contribution in [0.4, 0.5) is 0 Å². The van der Waals surface area contributed by atoms with Crippen LogP contribution < -0.4 is 5.32 Å². The predicted octanol–water partition coefficient (Wildman–Crippen LogP) is 3.02. The van der Waals surface area contributed by atoms with E-state index in [4.69, 9.17) is 4.74 Å². The minimum absolute atomic E-state index is 0.315. The topological polar surface area (TPSA) is 21.3 Å². The number of hydrogen-bond acceptors (Lipinski definition) is 2. The highest BCUT2D eigenvalue weighted by molar-refractivity contribution is 5.16. The molecular weight excluding hydrogens is 210 g/mol. The largest absolute Gasteiger partial charge is 0.377 e. The van der Waals surface area contributed by atoms with Crippen molar-refractivity contribution in [3.8, 4) is 0 Å². The third kappa shape index (κ3) is 4.88. The summed E-state index contributed by atoms with van der Waals surface area (Å²) in [6.45, 7) is 5.07. The Labute approximate surface area is 105 Å². The lowest BCUT2D eigenvalue weighted by Gasteiger charge is -2.26. The molecule has 2 atom stereocenters. The Morgan fingerprint density at radius 2 is 1.88 bits per heavy atom. The Bertz CT molecular complexity index is 280. The summed E-state index contributed by atoms with van der Waals surface area (Å²) in [7, 11) is 2.02. The maximum atomic E-state index is 5.85. The lowest BCUT2D eigenvalue weighted by Crippen LogP contribution is -2.41. The van der Waals surface area contributed by atoms with E-state index in [1.807, 2.05) is 7.05 Å². The first-order valence-corrected chi connectivity index (χ1v) is 6.64. The van der Waals surface area contributed by atoms with E-state index >= 15 is 0 Å². The van der Waals surface area contributed by atoms with Crippen LogP contribution in [0, 0.1) is 0 Å². The minimum atomic E-state index is 0.315. The van der Waals surface area contributed by atoms with Crippen LogP contribution in [-0.4, -0.2) is 25.8 Å². The van der Waals surface area contributed by atoms with Crippen LogP contribution in [0.25, 0.3) is 0 Å². The summed E-state index contributed by atoms with van der Waals surface area (Å²) in [4.78, 5) is 0. The zero-order chi connectivity index (χ0) is 12.5. The third-order valence-corrected chi connectivity index (χ3v) is 3.07. The monoisotopic (exact) mass is 235 g/mol. The summed E-state index contributed by atoms with van der Waals surface area (Å²) in [6, 6.07) is 11.0. The number of nitrogens with one attached hydrogen (secondary N) is 1. The van der Waals surface area contributed by atoms with Gasteiger partial charge < -0.3 is 10.1 Å². The summed E-state index contributed by atoms with van der Waals surface area (Å²) in [6.07, 6.45) is 3.63. The molecule has 0 aliphatic carbocycles. The van der Waals surface area contributed by atoms with Gasteiger partial charge in [0.25, 0.3) is 0 Å². The molecule has 0 bridgehead atoms. The first kappa shape index (κ1) is 14.2. The van der Waals surface area contributed by atoms with E-state index in [0.29, 0.717) is 12.1 Å². The third-order valence-electron chi connectivity index (χ3n) is 3.07. The Morgan fingerprint density at radius 1 is 1.18 bits per heavy atom. The van der Waals surface area contributed by atoms with Crippen LogP contribution in [0.2, 0.25) is 0 Å². The van der Waals surface area contributed by atoms with Crippen LogP contribution in [0.1, 0.15) is 32.3 Å². The van der Waals surface area contributed by atoms with E-state index in [0.717, 1.165) is 25.9 Å². The molecule has 1 N–H and O–H groups in total. The maximum absolute atomic E-state index is 5.85. The molecule has 0 heterocycles. The van der Waals surface area contributed by atoms with Gasteiger partial charge in [-0.15, -0.1) is 0 Å². The molecule has 2 unspecified atom stereocenters. The van der Waals surface area contributed by atoms with Crippen molar-refractivity contribution in [2.75, 3.05) is 13.7 Å². The van der Waals surface area contributed by atoms with Crippen LogP contribution >= 0.6 is 0 Å². The van der Waals surface area contributed by atoms with Gasteiger partial charge in [-0.3, -0.25) is 0 Å². The fraction of sp³-hybridized carbons (Fsp3) is 0.600. The van der Waals surface area contributed by atoms with Crippen molar-refractivity contribution in [2.45, 2.75) is 45.3 Å². The van der Waals surface area contributed by atoms with Crippen molar-refractivity contribution >= 4 is 0 Å². The van der Waals surface area contributed by atoms with E-state index in [-0.39, 0.29) is 0 Å². The molecule has 0 amide bonds. The molecule has 0 aliphatic rings. The number of benzene rings is 1. The first-order chi connectivity index (χ1) is 8.31. The van der Waals surface area contributed by atoms with Gasteiger partial charge in [0.15, 0.2) is 0 Å². The highest BCUT2D eigenvalue weighted by atomic mass is 16.5. The van der Waals surface area contributed by atoms with Gasteiger partial charge in [0, 0.05) is 12.6 Å². The van der Waals surface area contributed by atoms with Gasteiger partial charge in [0.1, 0.15) is 0 Å². The van der Waals surface area contributed by atoms with Crippen LogP contribution in [0.15, 0.2) is 30.3 Å². The highest BCUT2D eigenvalue weighted by Crippen LogP contribution is 2.12.